The molecule has 0 saturated carbocycles. The van der Waals surface area contributed by atoms with Crippen molar-refractivity contribution in [3.8, 4) is 11.8 Å². The zero-order valence-electron chi connectivity index (χ0n) is 23.8. The highest BCUT2D eigenvalue weighted by atomic mass is 16.3. The molecule has 2 N–H and O–H groups in total. The lowest BCUT2D eigenvalue weighted by Gasteiger charge is -2.58. The van der Waals surface area contributed by atoms with Crippen LogP contribution in [0.2, 0.25) is 0 Å². The van der Waals surface area contributed by atoms with E-state index in [1.54, 1.807) is 0 Å². The lowest BCUT2D eigenvalue weighted by molar-refractivity contribution is -0.0713. The van der Waals surface area contributed by atoms with E-state index in [-0.39, 0.29) is 30.6 Å². The van der Waals surface area contributed by atoms with Crippen LogP contribution in [0.15, 0.2) is 78.9 Å². The largest absolute Gasteiger partial charge is 0.395 e. The second-order valence-electron chi connectivity index (χ2n) is 11.4. The summed E-state index contributed by atoms with van der Waals surface area (Å²) in [6, 6.07) is 26.5. The van der Waals surface area contributed by atoms with Gasteiger partial charge in [-0.05, 0) is 75.3 Å². The van der Waals surface area contributed by atoms with Gasteiger partial charge in [-0.1, -0.05) is 59.9 Å². The number of rotatable bonds is 5. The van der Waals surface area contributed by atoms with Crippen molar-refractivity contribution in [2.75, 3.05) is 52.2 Å². The summed E-state index contributed by atoms with van der Waals surface area (Å²) in [7, 11) is 4.20. The molecule has 0 bridgehead atoms. The molecule has 2 fully saturated rings. The summed E-state index contributed by atoms with van der Waals surface area (Å²) in [5, 5.41) is 13.6. The number of benzene rings is 3. The predicted molar refractivity (Wildman–Crippen MR) is 161 cm³/mol. The molecule has 2 heterocycles. The molecule has 5 rings (SSSR count). The highest BCUT2D eigenvalue weighted by Crippen LogP contribution is 2.42. The Balaban J connectivity index is 1.36. The van der Waals surface area contributed by atoms with Gasteiger partial charge in [0.1, 0.15) is 0 Å². The number of carbonyl (C=O) groups excluding carboxylic acids is 1. The molecule has 2 amide bonds. The van der Waals surface area contributed by atoms with Crippen molar-refractivity contribution in [3.05, 3.63) is 101 Å². The maximum absolute atomic E-state index is 13.5. The first-order chi connectivity index (χ1) is 19.4. The van der Waals surface area contributed by atoms with Crippen LogP contribution >= 0.6 is 0 Å². The number of aryl methyl sites for hydroxylation is 1. The van der Waals surface area contributed by atoms with E-state index in [9.17, 15) is 9.90 Å². The van der Waals surface area contributed by atoms with Gasteiger partial charge in [-0.3, -0.25) is 4.90 Å². The molecule has 2 aliphatic heterocycles. The molecule has 1 unspecified atom stereocenters. The molecule has 2 aliphatic rings. The first-order valence-corrected chi connectivity index (χ1v) is 14.2. The van der Waals surface area contributed by atoms with Gasteiger partial charge in [0, 0.05) is 61.0 Å². The molecule has 0 spiro atoms. The van der Waals surface area contributed by atoms with E-state index < -0.39 is 0 Å². The number of nitrogens with zero attached hydrogens (tertiary/aromatic N) is 3. The van der Waals surface area contributed by atoms with Crippen molar-refractivity contribution in [1.82, 2.24) is 14.7 Å². The van der Waals surface area contributed by atoms with Crippen LogP contribution in [0.3, 0.4) is 0 Å². The average molecular weight is 537 g/mol. The predicted octanol–water partition coefficient (Wildman–Crippen LogP) is 4.64. The number of aliphatic hydroxyl groups excluding tert-OH is 1. The Hall–Kier alpha value is -3.63. The minimum Gasteiger partial charge on any atom is -0.395 e. The van der Waals surface area contributed by atoms with E-state index in [0.717, 1.165) is 41.9 Å². The normalized spacial score (nSPS) is 22.8. The van der Waals surface area contributed by atoms with Gasteiger partial charge in [0.25, 0.3) is 0 Å². The van der Waals surface area contributed by atoms with Crippen molar-refractivity contribution < 1.29 is 9.90 Å². The first kappa shape index (κ1) is 27.9. The van der Waals surface area contributed by atoms with E-state index in [1.165, 1.54) is 5.56 Å². The maximum Gasteiger partial charge on any atom is 0.321 e. The molecule has 6 nitrogen and oxygen atoms in total. The Morgan fingerprint density at radius 2 is 1.62 bits per heavy atom. The third kappa shape index (κ3) is 6.56. The first-order valence-electron chi connectivity index (χ1n) is 14.2. The zero-order chi connectivity index (χ0) is 28.1. The molecular weight excluding hydrogens is 496 g/mol. The fourth-order valence-corrected chi connectivity index (χ4v) is 6.15. The van der Waals surface area contributed by atoms with Crippen molar-refractivity contribution >= 4 is 11.7 Å². The third-order valence-corrected chi connectivity index (χ3v) is 8.19. The minimum absolute atomic E-state index is 0.0380. The fourth-order valence-electron chi connectivity index (χ4n) is 6.15. The number of fused-ring (bicyclic) bond motifs is 1. The molecule has 3 aromatic rings. The number of hydrogen-bond acceptors (Lipinski definition) is 4. The average Bonchev–Trinajstić information content (AvgIpc) is 2.94. The van der Waals surface area contributed by atoms with Crippen LogP contribution in [-0.4, -0.2) is 84.8 Å². The monoisotopic (exact) mass is 536 g/mol. The van der Waals surface area contributed by atoms with Crippen LogP contribution in [0.4, 0.5) is 10.5 Å². The number of nitrogens with one attached hydrogen (secondary N) is 1. The van der Waals surface area contributed by atoms with Crippen LogP contribution in [0, 0.1) is 24.7 Å². The Morgan fingerprint density at radius 1 is 0.950 bits per heavy atom. The summed E-state index contributed by atoms with van der Waals surface area (Å²) in [6.07, 6.45) is 0.931. The molecule has 3 aromatic carbocycles. The Labute approximate surface area is 238 Å². The second kappa shape index (κ2) is 12.7. The van der Waals surface area contributed by atoms with Crippen molar-refractivity contribution in [3.63, 3.8) is 0 Å². The second-order valence-corrected chi connectivity index (χ2v) is 11.4. The van der Waals surface area contributed by atoms with Gasteiger partial charge >= 0.3 is 6.03 Å². The smallest absolute Gasteiger partial charge is 0.321 e. The van der Waals surface area contributed by atoms with Gasteiger partial charge in [0.05, 0.1) is 6.61 Å². The molecule has 6 heteroatoms. The molecular formula is C34H40N4O2. The van der Waals surface area contributed by atoms with E-state index in [0.29, 0.717) is 19.0 Å². The summed E-state index contributed by atoms with van der Waals surface area (Å²) >= 11 is 0. The van der Waals surface area contributed by atoms with Crippen molar-refractivity contribution in [1.29, 1.82) is 0 Å². The number of carbonyl (C=O) groups is 1. The fraction of sp³-hybridized carbons (Fsp3) is 0.382. The number of urea groups is 1. The molecule has 0 aliphatic carbocycles. The third-order valence-electron chi connectivity index (χ3n) is 8.19. The summed E-state index contributed by atoms with van der Waals surface area (Å²) < 4.78 is 0. The molecule has 40 heavy (non-hydrogen) atoms. The van der Waals surface area contributed by atoms with E-state index in [1.807, 2.05) is 66.4 Å². The topological polar surface area (TPSA) is 59.1 Å². The van der Waals surface area contributed by atoms with Gasteiger partial charge in [0.2, 0.25) is 0 Å². The zero-order valence-corrected chi connectivity index (χ0v) is 23.8. The number of aliphatic hydroxyl groups is 1. The van der Waals surface area contributed by atoms with Gasteiger partial charge in [0.15, 0.2) is 0 Å². The number of amides is 2. The van der Waals surface area contributed by atoms with Gasteiger partial charge < -0.3 is 20.2 Å². The maximum atomic E-state index is 13.5. The Morgan fingerprint density at radius 3 is 2.27 bits per heavy atom. The summed E-state index contributed by atoms with van der Waals surface area (Å²) in [4.78, 5) is 20.1. The van der Waals surface area contributed by atoms with E-state index in [4.69, 9.17) is 0 Å². The van der Waals surface area contributed by atoms with Crippen LogP contribution < -0.4 is 5.32 Å². The molecule has 0 radical (unpaired) electrons. The summed E-state index contributed by atoms with van der Waals surface area (Å²) in [5.41, 5.74) is 5.12. The van der Waals surface area contributed by atoms with Crippen LogP contribution in [0.1, 0.15) is 34.6 Å². The minimum atomic E-state index is -0.0629. The number of anilines is 1. The highest BCUT2D eigenvalue weighted by Gasteiger charge is 2.50. The van der Waals surface area contributed by atoms with Gasteiger partial charge in [-0.25, -0.2) is 4.79 Å². The van der Waals surface area contributed by atoms with Crippen LogP contribution in [-0.2, 0) is 0 Å². The Bertz CT molecular complexity index is 1330. The van der Waals surface area contributed by atoms with E-state index in [2.05, 4.69) is 65.3 Å². The van der Waals surface area contributed by atoms with Gasteiger partial charge in [-0.2, -0.15) is 0 Å². The molecule has 208 valence electrons. The summed E-state index contributed by atoms with van der Waals surface area (Å²) in [5.74, 6) is 7.05. The summed E-state index contributed by atoms with van der Waals surface area (Å²) in [6.45, 7) is 5.36. The lowest BCUT2D eigenvalue weighted by Crippen LogP contribution is -2.69. The SMILES string of the molecule is Cc1ccc(NC(=O)N2CCC(CN(C)C)CN3[C@H](CO)[C@H](c4ccc(C#Cc5ccccc5)cc4)[C@@H]3C2)cc1. The van der Waals surface area contributed by atoms with Crippen molar-refractivity contribution in [2.24, 2.45) is 5.92 Å². The standard InChI is InChI=1S/C34H40N4O2/c1-25-9-17-30(18-10-25)35-34(40)37-20-19-28(21-36(2)3)22-38-31(23-37)33(32(38)24-39)29-15-13-27(14-16-29)12-11-26-7-5-4-6-8-26/h4-10,13-18,28,31-33,39H,19-24H2,1-3H3,(H,35,40)/t28?,31-,32+,33+/m0/s1. The quantitative estimate of drug-likeness (QED) is 0.467. The van der Waals surface area contributed by atoms with E-state index >= 15 is 0 Å². The van der Waals surface area contributed by atoms with Crippen LogP contribution in [0.25, 0.3) is 0 Å². The highest BCUT2D eigenvalue weighted by molar-refractivity contribution is 5.89. The van der Waals surface area contributed by atoms with Crippen LogP contribution in [0.5, 0.6) is 0 Å². The molecule has 0 aromatic heterocycles. The Kier molecular flexibility index (Phi) is 8.86. The van der Waals surface area contributed by atoms with Gasteiger partial charge in [-0.15, -0.1) is 0 Å². The molecule has 4 atom stereocenters. The molecule has 2 saturated heterocycles. The lowest BCUT2D eigenvalue weighted by atomic mass is 9.73. The number of hydrogen-bond donors (Lipinski definition) is 2. The van der Waals surface area contributed by atoms with Crippen molar-refractivity contribution in [2.45, 2.75) is 31.3 Å².